The van der Waals surface area contributed by atoms with E-state index in [1.165, 1.54) is 11.1 Å². The van der Waals surface area contributed by atoms with Crippen LogP contribution in [0.25, 0.3) is 0 Å². The van der Waals surface area contributed by atoms with Gasteiger partial charge in [-0.3, -0.25) is 4.79 Å². The second kappa shape index (κ2) is 7.58. The summed E-state index contributed by atoms with van der Waals surface area (Å²) in [4.78, 5) is 16.5. The molecule has 1 amide bonds. The minimum atomic E-state index is -0.286. The highest BCUT2D eigenvalue weighted by molar-refractivity contribution is 7.12. The van der Waals surface area contributed by atoms with Crippen LogP contribution in [-0.4, -0.2) is 10.9 Å². The standard InChI is InChI=1S/C20H21N3O2S/c1-4-16-12(2)11-26-20(16)25-15-8-6-14(7-9-15)23-19(24)17-10-5-13(3)22-18(17)21/h5-11H,4H2,1-3H3,(H2,21,22)(H,23,24). The molecule has 0 aliphatic carbocycles. The summed E-state index contributed by atoms with van der Waals surface area (Å²) in [5, 5.41) is 5.84. The lowest BCUT2D eigenvalue weighted by molar-refractivity contribution is 0.102. The molecule has 3 rings (SSSR count). The highest BCUT2D eigenvalue weighted by atomic mass is 32.1. The zero-order chi connectivity index (χ0) is 18.7. The molecule has 0 saturated heterocycles. The number of nitrogens with two attached hydrogens (primary N) is 1. The number of ether oxygens (including phenoxy) is 1. The minimum Gasteiger partial charge on any atom is -0.446 e. The van der Waals surface area contributed by atoms with Gasteiger partial charge < -0.3 is 15.8 Å². The number of pyridine rings is 1. The molecule has 0 radical (unpaired) electrons. The fourth-order valence-electron chi connectivity index (χ4n) is 2.63. The van der Waals surface area contributed by atoms with Gasteiger partial charge in [0.25, 0.3) is 5.91 Å². The van der Waals surface area contributed by atoms with E-state index in [9.17, 15) is 4.79 Å². The van der Waals surface area contributed by atoms with E-state index in [2.05, 4.69) is 29.5 Å². The Bertz CT molecular complexity index is 933. The maximum Gasteiger partial charge on any atom is 0.259 e. The molecule has 0 unspecified atom stereocenters. The topological polar surface area (TPSA) is 77.2 Å². The van der Waals surface area contributed by atoms with Gasteiger partial charge in [0.15, 0.2) is 5.06 Å². The van der Waals surface area contributed by atoms with Crippen molar-refractivity contribution in [3.63, 3.8) is 0 Å². The smallest absolute Gasteiger partial charge is 0.259 e. The lowest BCUT2D eigenvalue weighted by Gasteiger charge is -2.09. The highest BCUT2D eigenvalue weighted by Crippen LogP contribution is 2.34. The minimum absolute atomic E-state index is 0.225. The molecule has 134 valence electrons. The molecule has 3 N–H and O–H groups in total. The van der Waals surface area contributed by atoms with Gasteiger partial charge in [-0.2, -0.15) is 0 Å². The van der Waals surface area contributed by atoms with Gasteiger partial charge in [-0.05, 0) is 67.6 Å². The van der Waals surface area contributed by atoms with Crippen molar-refractivity contribution in [1.29, 1.82) is 0 Å². The van der Waals surface area contributed by atoms with Crippen molar-refractivity contribution in [3.8, 4) is 10.8 Å². The van der Waals surface area contributed by atoms with Crippen molar-refractivity contribution in [2.75, 3.05) is 11.1 Å². The molecule has 0 bridgehead atoms. The van der Waals surface area contributed by atoms with Crippen molar-refractivity contribution < 1.29 is 9.53 Å². The molecule has 2 aromatic heterocycles. The third kappa shape index (κ3) is 3.86. The van der Waals surface area contributed by atoms with Gasteiger partial charge in [0.2, 0.25) is 0 Å². The fourth-order valence-corrected chi connectivity index (χ4v) is 3.65. The Labute approximate surface area is 156 Å². The number of rotatable bonds is 5. The molecule has 2 heterocycles. The van der Waals surface area contributed by atoms with E-state index < -0.39 is 0 Å². The van der Waals surface area contributed by atoms with Gasteiger partial charge in [0.1, 0.15) is 11.6 Å². The number of carbonyl (C=O) groups is 1. The molecular formula is C20H21N3O2S. The fraction of sp³-hybridized carbons (Fsp3) is 0.200. The number of nitrogens with zero attached hydrogens (tertiary/aromatic N) is 1. The predicted molar refractivity (Wildman–Crippen MR) is 106 cm³/mol. The van der Waals surface area contributed by atoms with E-state index in [0.717, 1.165) is 22.9 Å². The quantitative estimate of drug-likeness (QED) is 0.669. The first-order valence-corrected chi connectivity index (χ1v) is 9.25. The first-order chi connectivity index (χ1) is 12.5. The maximum atomic E-state index is 12.3. The Hall–Kier alpha value is -2.86. The summed E-state index contributed by atoms with van der Waals surface area (Å²) in [5.41, 5.74) is 10.1. The van der Waals surface area contributed by atoms with Gasteiger partial charge in [0, 0.05) is 16.9 Å². The van der Waals surface area contributed by atoms with Crippen LogP contribution in [0.4, 0.5) is 11.5 Å². The number of hydrogen-bond donors (Lipinski definition) is 2. The Morgan fingerprint density at radius 1 is 1.19 bits per heavy atom. The maximum absolute atomic E-state index is 12.3. The van der Waals surface area contributed by atoms with Crippen LogP contribution in [0.2, 0.25) is 0 Å². The summed E-state index contributed by atoms with van der Waals surface area (Å²) in [6, 6.07) is 10.7. The largest absolute Gasteiger partial charge is 0.446 e. The summed E-state index contributed by atoms with van der Waals surface area (Å²) in [7, 11) is 0. The lowest BCUT2D eigenvalue weighted by atomic mass is 10.2. The zero-order valence-corrected chi connectivity index (χ0v) is 15.8. The molecule has 26 heavy (non-hydrogen) atoms. The number of anilines is 2. The Kier molecular flexibility index (Phi) is 5.23. The number of carbonyl (C=O) groups excluding carboxylic acids is 1. The van der Waals surface area contributed by atoms with E-state index in [1.807, 2.05) is 19.1 Å². The second-order valence-corrected chi connectivity index (χ2v) is 6.85. The number of benzene rings is 1. The molecular weight excluding hydrogens is 346 g/mol. The normalized spacial score (nSPS) is 10.6. The van der Waals surface area contributed by atoms with Gasteiger partial charge in [-0.1, -0.05) is 6.92 Å². The van der Waals surface area contributed by atoms with Crippen molar-refractivity contribution in [2.24, 2.45) is 0 Å². The monoisotopic (exact) mass is 367 g/mol. The summed E-state index contributed by atoms with van der Waals surface area (Å²) in [5.74, 6) is 0.671. The summed E-state index contributed by atoms with van der Waals surface area (Å²) < 4.78 is 5.97. The SMILES string of the molecule is CCc1c(C)csc1Oc1ccc(NC(=O)c2ccc(C)nc2N)cc1. The first kappa shape index (κ1) is 17.9. The molecule has 3 aromatic rings. The number of hydrogen-bond acceptors (Lipinski definition) is 5. The van der Waals surface area contributed by atoms with Crippen LogP contribution in [0, 0.1) is 13.8 Å². The average Bonchev–Trinajstić information content (AvgIpc) is 2.96. The van der Waals surface area contributed by atoms with Crippen LogP contribution in [-0.2, 0) is 6.42 Å². The third-order valence-corrected chi connectivity index (χ3v) is 5.07. The van der Waals surface area contributed by atoms with E-state index in [1.54, 1.807) is 35.6 Å². The van der Waals surface area contributed by atoms with E-state index in [0.29, 0.717) is 11.3 Å². The van der Waals surface area contributed by atoms with Crippen LogP contribution in [0.3, 0.4) is 0 Å². The van der Waals surface area contributed by atoms with Crippen LogP contribution in [0.5, 0.6) is 10.8 Å². The van der Waals surface area contributed by atoms with Gasteiger partial charge in [-0.15, -0.1) is 11.3 Å². The molecule has 0 spiro atoms. The highest BCUT2D eigenvalue weighted by Gasteiger charge is 2.12. The molecule has 0 aliphatic heterocycles. The molecule has 0 aliphatic rings. The molecule has 6 heteroatoms. The molecule has 0 fully saturated rings. The second-order valence-electron chi connectivity index (χ2n) is 6.00. The van der Waals surface area contributed by atoms with Crippen molar-refractivity contribution in [2.45, 2.75) is 27.2 Å². The number of aryl methyl sites for hydroxylation is 2. The lowest BCUT2D eigenvalue weighted by Crippen LogP contribution is -2.15. The number of nitrogen functional groups attached to an aromatic ring is 1. The van der Waals surface area contributed by atoms with Crippen LogP contribution in [0.15, 0.2) is 41.8 Å². The van der Waals surface area contributed by atoms with Crippen molar-refractivity contribution in [1.82, 2.24) is 4.98 Å². The number of nitrogens with one attached hydrogen (secondary N) is 1. The summed E-state index contributed by atoms with van der Waals surface area (Å²) in [6.07, 6.45) is 0.935. The van der Waals surface area contributed by atoms with Crippen molar-refractivity contribution >= 4 is 28.7 Å². The molecule has 0 atom stereocenters. The number of aromatic nitrogens is 1. The third-order valence-electron chi connectivity index (χ3n) is 4.05. The van der Waals surface area contributed by atoms with E-state index in [-0.39, 0.29) is 11.7 Å². The van der Waals surface area contributed by atoms with Crippen molar-refractivity contribution in [3.05, 3.63) is 64.2 Å². The molecule has 5 nitrogen and oxygen atoms in total. The van der Waals surface area contributed by atoms with Gasteiger partial charge in [-0.25, -0.2) is 4.98 Å². The van der Waals surface area contributed by atoms with Crippen LogP contribution in [0.1, 0.15) is 34.1 Å². The van der Waals surface area contributed by atoms with E-state index in [4.69, 9.17) is 10.5 Å². The van der Waals surface area contributed by atoms with E-state index >= 15 is 0 Å². The number of thiophene rings is 1. The average molecular weight is 367 g/mol. The summed E-state index contributed by atoms with van der Waals surface area (Å²) >= 11 is 1.60. The molecule has 0 saturated carbocycles. The Morgan fingerprint density at radius 2 is 1.92 bits per heavy atom. The predicted octanol–water partition coefficient (Wildman–Crippen LogP) is 4.95. The van der Waals surface area contributed by atoms with Gasteiger partial charge in [0.05, 0.1) is 5.56 Å². The van der Waals surface area contributed by atoms with Crippen LogP contribution >= 0.6 is 11.3 Å². The Balaban J connectivity index is 1.70. The zero-order valence-electron chi connectivity index (χ0n) is 15.0. The van der Waals surface area contributed by atoms with Gasteiger partial charge >= 0.3 is 0 Å². The number of amides is 1. The first-order valence-electron chi connectivity index (χ1n) is 8.37. The summed E-state index contributed by atoms with van der Waals surface area (Å²) in [6.45, 7) is 6.04. The molecule has 1 aromatic carbocycles. The van der Waals surface area contributed by atoms with Crippen LogP contribution < -0.4 is 15.8 Å². The Morgan fingerprint density at radius 3 is 2.58 bits per heavy atom.